The summed E-state index contributed by atoms with van der Waals surface area (Å²) in [6, 6.07) is 20.0. The van der Waals surface area contributed by atoms with Crippen molar-refractivity contribution in [3.05, 3.63) is 89.1 Å². The summed E-state index contributed by atoms with van der Waals surface area (Å²) in [5, 5.41) is 6.73. The Morgan fingerprint density at radius 2 is 1.39 bits per heavy atom. The maximum absolute atomic E-state index is 13.3. The first-order valence-electron chi connectivity index (χ1n) is 11.9. The van der Waals surface area contributed by atoms with Gasteiger partial charge in [0.1, 0.15) is 11.5 Å². The Balaban J connectivity index is 1.68. The minimum absolute atomic E-state index is 0.274. The van der Waals surface area contributed by atoms with E-state index in [0.717, 1.165) is 16.5 Å². The van der Waals surface area contributed by atoms with Crippen LogP contribution in [-0.4, -0.2) is 30.0 Å². The number of nitrogens with zero attached hydrogens (tertiary/aromatic N) is 1. The summed E-state index contributed by atoms with van der Waals surface area (Å²) in [5.74, 6) is 0.251. The minimum atomic E-state index is -0.312. The second kappa shape index (κ2) is 10.9. The lowest BCUT2D eigenvalue weighted by Crippen LogP contribution is -2.17. The maximum Gasteiger partial charge on any atom is 0.257 e. The van der Waals surface area contributed by atoms with Crippen LogP contribution in [0.25, 0.3) is 10.9 Å². The number of carbonyl (C=O) groups excluding carboxylic acids is 2. The second-order valence-electron chi connectivity index (χ2n) is 8.30. The molecule has 1 heterocycles. The van der Waals surface area contributed by atoms with Gasteiger partial charge in [-0.15, -0.1) is 0 Å². The Morgan fingerprint density at radius 3 is 2.00 bits per heavy atom. The van der Waals surface area contributed by atoms with Crippen LogP contribution in [0.3, 0.4) is 0 Å². The maximum atomic E-state index is 13.3. The number of carbonyl (C=O) groups is 2. The number of hydrogen-bond donors (Lipinski definition) is 2. The van der Waals surface area contributed by atoms with Crippen molar-refractivity contribution in [2.45, 2.75) is 27.7 Å². The molecule has 0 aliphatic heterocycles. The summed E-state index contributed by atoms with van der Waals surface area (Å²) in [6.07, 6.45) is 0. The molecule has 7 heteroatoms. The molecule has 2 amide bonds. The van der Waals surface area contributed by atoms with Crippen molar-refractivity contribution in [2.75, 3.05) is 23.8 Å². The number of benzene rings is 3. The molecule has 4 rings (SSSR count). The minimum Gasteiger partial charge on any atom is -0.492 e. The Bertz CT molecular complexity index is 1420. The molecule has 0 spiro atoms. The van der Waals surface area contributed by atoms with Gasteiger partial charge in [-0.3, -0.25) is 14.6 Å². The summed E-state index contributed by atoms with van der Waals surface area (Å²) in [4.78, 5) is 30.7. The van der Waals surface area contributed by atoms with Crippen LogP contribution in [-0.2, 0) is 0 Å². The topological polar surface area (TPSA) is 89.6 Å². The van der Waals surface area contributed by atoms with Crippen molar-refractivity contribution in [1.29, 1.82) is 0 Å². The number of pyridine rings is 1. The molecule has 184 valence electrons. The molecular formula is C29H29N3O4. The summed E-state index contributed by atoms with van der Waals surface area (Å²) in [7, 11) is 0. The van der Waals surface area contributed by atoms with E-state index in [0.29, 0.717) is 52.9 Å². The number of ether oxygens (including phenoxy) is 2. The Hall–Kier alpha value is -4.39. The number of hydrogen-bond acceptors (Lipinski definition) is 5. The predicted molar refractivity (Wildman–Crippen MR) is 142 cm³/mol. The largest absolute Gasteiger partial charge is 0.492 e. The van der Waals surface area contributed by atoms with Crippen molar-refractivity contribution in [2.24, 2.45) is 0 Å². The molecule has 0 aliphatic carbocycles. The van der Waals surface area contributed by atoms with Gasteiger partial charge in [0.05, 0.1) is 41.4 Å². The summed E-state index contributed by atoms with van der Waals surface area (Å²) in [6.45, 7) is 8.27. The number of aromatic nitrogens is 1. The van der Waals surface area contributed by atoms with Crippen LogP contribution in [0, 0.1) is 13.8 Å². The molecule has 7 nitrogen and oxygen atoms in total. The molecule has 0 unspecified atom stereocenters. The lowest BCUT2D eigenvalue weighted by atomic mass is 10.1. The van der Waals surface area contributed by atoms with Gasteiger partial charge < -0.3 is 20.1 Å². The summed E-state index contributed by atoms with van der Waals surface area (Å²) >= 11 is 0. The third-order valence-electron chi connectivity index (χ3n) is 5.62. The van der Waals surface area contributed by atoms with Gasteiger partial charge in [0.25, 0.3) is 11.8 Å². The van der Waals surface area contributed by atoms with Crippen LogP contribution in [0.15, 0.2) is 66.7 Å². The summed E-state index contributed by atoms with van der Waals surface area (Å²) in [5.41, 5.74) is 4.42. The van der Waals surface area contributed by atoms with Gasteiger partial charge in [-0.1, -0.05) is 29.8 Å². The van der Waals surface area contributed by atoms with E-state index >= 15 is 0 Å². The fourth-order valence-corrected chi connectivity index (χ4v) is 3.90. The first kappa shape index (κ1) is 24.7. The molecule has 3 aromatic carbocycles. The molecule has 0 radical (unpaired) electrons. The van der Waals surface area contributed by atoms with Gasteiger partial charge in [0, 0.05) is 23.1 Å². The van der Waals surface area contributed by atoms with Crippen LogP contribution in [0.2, 0.25) is 0 Å². The quantitative estimate of drug-likeness (QED) is 0.314. The van der Waals surface area contributed by atoms with Gasteiger partial charge in [-0.25, -0.2) is 0 Å². The van der Waals surface area contributed by atoms with E-state index in [1.54, 1.807) is 36.4 Å². The van der Waals surface area contributed by atoms with Crippen LogP contribution in [0.5, 0.6) is 11.5 Å². The second-order valence-corrected chi connectivity index (χ2v) is 8.30. The standard InChI is InChI=1S/C29H29N3O4/c1-5-35-26-17-25(27(36-6-2)16-24(26)31-28(33)20-10-8-7-9-11-20)32-29(34)22-15-21-14-18(3)12-13-23(21)30-19(22)4/h7-17H,5-6H2,1-4H3,(H,31,33)(H,32,34). The zero-order valence-electron chi connectivity index (χ0n) is 20.8. The first-order chi connectivity index (χ1) is 17.4. The van der Waals surface area contributed by atoms with Crippen LogP contribution < -0.4 is 20.1 Å². The van der Waals surface area contributed by atoms with Crippen LogP contribution in [0.4, 0.5) is 11.4 Å². The fourth-order valence-electron chi connectivity index (χ4n) is 3.90. The normalized spacial score (nSPS) is 10.7. The molecule has 36 heavy (non-hydrogen) atoms. The van der Waals surface area contributed by atoms with Crippen molar-refractivity contribution >= 4 is 34.1 Å². The van der Waals surface area contributed by atoms with Gasteiger partial charge in [0.2, 0.25) is 0 Å². The fraction of sp³-hybridized carbons (Fsp3) is 0.207. The molecule has 1 aromatic heterocycles. The SMILES string of the molecule is CCOc1cc(NC(=O)c2cc3cc(C)ccc3nc2C)c(OCC)cc1NC(=O)c1ccccc1. The molecule has 0 aliphatic rings. The molecule has 0 bridgehead atoms. The van der Waals surface area contributed by atoms with E-state index in [-0.39, 0.29) is 11.8 Å². The number of rotatable bonds is 8. The number of amides is 2. The number of fused-ring (bicyclic) bond motifs is 1. The van der Waals surface area contributed by atoms with Gasteiger partial charge >= 0.3 is 0 Å². The first-order valence-corrected chi connectivity index (χ1v) is 11.9. The van der Waals surface area contributed by atoms with E-state index in [1.165, 1.54) is 0 Å². The van der Waals surface area contributed by atoms with Gasteiger partial charge in [0.15, 0.2) is 0 Å². The van der Waals surface area contributed by atoms with E-state index in [1.807, 2.05) is 58.0 Å². The smallest absolute Gasteiger partial charge is 0.257 e. The average Bonchev–Trinajstić information content (AvgIpc) is 2.87. The van der Waals surface area contributed by atoms with Gasteiger partial charge in [-0.05, 0) is 58.0 Å². The van der Waals surface area contributed by atoms with Crippen molar-refractivity contribution < 1.29 is 19.1 Å². The molecular weight excluding hydrogens is 454 g/mol. The highest BCUT2D eigenvalue weighted by atomic mass is 16.5. The van der Waals surface area contributed by atoms with Crippen molar-refractivity contribution in [3.63, 3.8) is 0 Å². The third kappa shape index (κ3) is 5.46. The highest BCUT2D eigenvalue weighted by molar-refractivity contribution is 6.09. The molecule has 0 fully saturated rings. The zero-order valence-corrected chi connectivity index (χ0v) is 20.8. The van der Waals surface area contributed by atoms with Crippen molar-refractivity contribution in [1.82, 2.24) is 4.98 Å². The Kier molecular flexibility index (Phi) is 7.49. The average molecular weight is 484 g/mol. The molecule has 0 saturated carbocycles. The molecule has 4 aromatic rings. The van der Waals surface area contributed by atoms with E-state index in [4.69, 9.17) is 9.47 Å². The van der Waals surface area contributed by atoms with Crippen molar-refractivity contribution in [3.8, 4) is 11.5 Å². The predicted octanol–water partition coefficient (Wildman–Crippen LogP) is 6.15. The molecule has 2 N–H and O–H groups in total. The monoisotopic (exact) mass is 483 g/mol. The van der Waals surface area contributed by atoms with E-state index in [9.17, 15) is 9.59 Å². The lowest BCUT2D eigenvalue weighted by molar-refractivity contribution is 0.101. The zero-order chi connectivity index (χ0) is 25.7. The number of nitrogens with one attached hydrogen (secondary N) is 2. The van der Waals surface area contributed by atoms with Gasteiger partial charge in [-0.2, -0.15) is 0 Å². The Labute approximate surface area is 210 Å². The Morgan fingerprint density at radius 1 is 0.778 bits per heavy atom. The summed E-state index contributed by atoms with van der Waals surface area (Å²) < 4.78 is 11.6. The third-order valence-corrected chi connectivity index (χ3v) is 5.62. The highest BCUT2D eigenvalue weighted by Crippen LogP contribution is 2.37. The van der Waals surface area contributed by atoms with Crippen LogP contribution in [0.1, 0.15) is 45.8 Å². The lowest BCUT2D eigenvalue weighted by Gasteiger charge is -2.18. The number of aryl methyl sites for hydroxylation is 2. The molecule has 0 saturated heterocycles. The van der Waals surface area contributed by atoms with E-state index < -0.39 is 0 Å². The van der Waals surface area contributed by atoms with E-state index in [2.05, 4.69) is 15.6 Å². The highest BCUT2D eigenvalue weighted by Gasteiger charge is 2.19. The number of anilines is 2. The van der Waals surface area contributed by atoms with Crippen LogP contribution >= 0.6 is 0 Å². The molecule has 0 atom stereocenters.